The van der Waals surface area contributed by atoms with E-state index in [0.29, 0.717) is 31.5 Å². The number of amides is 2. The molecule has 1 aromatic rings. The van der Waals surface area contributed by atoms with Crippen LogP contribution in [0.25, 0.3) is 0 Å². The number of hydrogen-bond acceptors (Lipinski definition) is 4. The molecule has 3 N–H and O–H groups in total. The molecule has 24 heavy (non-hydrogen) atoms. The largest absolute Gasteiger partial charge is 0.356 e. The average Bonchev–Trinajstić information content (AvgIpc) is 2.56. The van der Waals surface area contributed by atoms with Gasteiger partial charge in [-0.15, -0.1) is 12.4 Å². The van der Waals surface area contributed by atoms with Crippen LogP contribution in [0.1, 0.15) is 23.2 Å². The molecule has 0 bridgehead atoms. The van der Waals surface area contributed by atoms with Gasteiger partial charge in [0, 0.05) is 49.2 Å². The quantitative estimate of drug-likeness (QED) is 0.633. The second-order valence-corrected chi connectivity index (χ2v) is 6.55. The number of rotatable bonds is 7. The van der Waals surface area contributed by atoms with Gasteiger partial charge in [0.2, 0.25) is 5.91 Å². The first-order valence-electron chi connectivity index (χ1n) is 7.77. The summed E-state index contributed by atoms with van der Waals surface area (Å²) in [6.07, 6.45) is 1.15. The lowest BCUT2D eigenvalue weighted by molar-refractivity contribution is -0.121. The van der Waals surface area contributed by atoms with Crippen molar-refractivity contribution < 1.29 is 14.0 Å². The van der Waals surface area contributed by atoms with Crippen molar-refractivity contribution in [3.63, 3.8) is 0 Å². The molecule has 1 saturated heterocycles. The van der Waals surface area contributed by atoms with Gasteiger partial charge in [0.15, 0.2) is 0 Å². The number of carbonyl (C=O) groups is 2. The maximum atomic E-state index is 12.8. The topological polar surface area (TPSA) is 70.2 Å². The van der Waals surface area contributed by atoms with Gasteiger partial charge >= 0.3 is 0 Å². The van der Waals surface area contributed by atoms with Crippen LogP contribution < -0.4 is 16.0 Å². The van der Waals surface area contributed by atoms with Gasteiger partial charge in [0.1, 0.15) is 5.82 Å². The molecule has 0 aliphatic carbocycles. The van der Waals surface area contributed by atoms with Gasteiger partial charge in [-0.05, 0) is 30.7 Å². The highest BCUT2D eigenvalue weighted by Gasteiger charge is 2.16. The van der Waals surface area contributed by atoms with E-state index >= 15 is 0 Å². The minimum Gasteiger partial charge on any atom is -0.356 e. The molecule has 1 atom stereocenters. The summed E-state index contributed by atoms with van der Waals surface area (Å²) in [5.41, 5.74) is 0.427. The Labute approximate surface area is 151 Å². The third-order valence-corrected chi connectivity index (χ3v) is 4.63. The Bertz CT molecular complexity index is 525. The molecule has 1 aliphatic heterocycles. The molecular formula is C16H23ClFN3O2S. The van der Waals surface area contributed by atoms with Crippen molar-refractivity contribution in [1.29, 1.82) is 0 Å². The van der Waals surface area contributed by atoms with E-state index in [4.69, 9.17) is 0 Å². The molecule has 1 unspecified atom stereocenters. The summed E-state index contributed by atoms with van der Waals surface area (Å²) in [4.78, 5) is 23.6. The molecule has 8 heteroatoms. The Hall–Kier alpha value is -1.31. The molecule has 1 aliphatic rings. The third-order valence-electron chi connectivity index (χ3n) is 3.50. The highest BCUT2D eigenvalue weighted by Crippen LogP contribution is 2.09. The summed E-state index contributed by atoms with van der Waals surface area (Å²) >= 11 is 1.87. The fourth-order valence-corrected chi connectivity index (χ4v) is 3.22. The van der Waals surface area contributed by atoms with Gasteiger partial charge in [-0.25, -0.2) is 4.39 Å². The maximum Gasteiger partial charge on any atom is 0.251 e. The van der Waals surface area contributed by atoms with Crippen molar-refractivity contribution in [2.45, 2.75) is 18.9 Å². The summed E-state index contributed by atoms with van der Waals surface area (Å²) in [6.45, 7) is 1.95. The lowest BCUT2D eigenvalue weighted by atomic mass is 10.2. The van der Waals surface area contributed by atoms with Gasteiger partial charge in [-0.3, -0.25) is 9.59 Å². The lowest BCUT2D eigenvalue weighted by Crippen LogP contribution is -2.41. The number of halogens is 2. The number of benzene rings is 1. The van der Waals surface area contributed by atoms with Crippen molar-refractivity contribution in [3.05, 3.63) is 35.6 Å². The highest BCUT2D eigenvalue weighted by atomic mass is 35.5. The highest BCUT2D eigenvalue weighted by molar-refractivity contribution is 7.99. The zero-order chi connectivity index (χ0) is 16.5. The van der Waals surface area contributed by atoms with Crippen molar-refractivity contribution in [2.75, 3.05) is 31.1 Å². The minimum absolute atomic E-state index is 0. The fourth-order valence-electron chi connectivity index (χ4n) is 2.27. The molecule has 2 rings (SSSR count). The summed E-state index contributed by atoms with van der Waals surface area (Å²) < 4.78 is 12.8. The summed E-state index contributed by atoms with van der Waals surface area (Å²) in [7, 11) is 0. The number of thioether (sulfide) groups is 1. The first-order valence-corrected chi connectivity index (χ1v) is 8.92. The fraction of sp³-hybridized carbons (Fsp3) is 0.500. The normalized spacial score (nSPS) is 16.8. The van der Waals surface area contributed by atoms with E-state index < -0.39 is 0 Å². The van der Waals surface area contributed by atoms with Crippen LogP contribution >= 0.6 is 24.2 Å². The Balaban J connectivity index is 0.00000288. The van der Waals surface area contributed by atoms with Crippen molar-refractivity contribution in [3.8, 4) is 0 Å². The Morgan fingerprint density at radius 1 is 1.21 bits per heavy atom. The predicted octanol–water partition coefficient (Wildman–Crippen LogP) is 1.58. The Morgan fingerprint density at radius 2 is 1.92 bits per heavy atom. The molecule has 2 amide bonds. The summed E-state index contributed by atoms with van der Waals surface area (Å²) in [5, 5.41) is 8.93. The van der Waals surface area contributed by atoms with Gasteiger partial charge in [-0.1, -0.05) is 0 Å². The lowest BCUT2D eigenvalue weighted by Gasteiger charge is -2.22. The molecule has 134 valence electrons. The van der Waals surface area contributed by atoms with E-state index in [9.17, 15) is 14.0 Å². The van der Waals surface area contributed by atoms with E-state index in [1.165, 1.54) is 24.3 Å². The van der Waals surface area contributed by atoms with Gasteiger partial charge < -0.3 is 16.0 Å². The monoisotopic (exact) mass is 375 g/mol. The Kier molecular flexibility index (Phi) is 9.75. The smallest absolute Gasteiger partial charge is 0.251 e. The zero-order valence-corrected chi connectivity index (χ0v) is 15.0. The van der Waals surface area contributed by atoms with Crippen LogP contribution in [-0.4, -0.2) is 49.0 Å². The van der Waals surface area contributed by atoms with Crippen LogP contribution in [0.5, 0.6) is 0 Å². The van der Waals surface area contributed by atoms with Gasteiger partial charge in [0.05, 0.1) is 0 Å². The van der Waals surface area contributed by atoms with Crippen LogP contribution in [0.2, 0.25) is 0 Å². The van der Waals surface area contributed by atoms with Crippen molar-refractivity contribution in [2.24, 2.45) is 0 Å². The van der Waals surface area contributed by atoms with E-state index in [-0.39, 0.29) is 36.1 Å². The predicted molar refractivity (Wildman–Crippen MR) is 97.3 cm³/mol. The molecule has 0 radical (unpaired) electrons. The Morgan fingerprint density at radius 3 is 2.58 bits per heavy atom. The molecular weight excluding hydrogens is 353 g/mol. The molecule has 5 nitrogen and oxygen atoms in total. The standard InChI is InChI=1S/C16H22FN3O2S.ClH/c17-13-4-2-12(3-5-13)16(22)20-7-1-6-19-15(21)10-14-11-23-9-8-18-14;/h2-5,14,18H,1,6-11H2,(H,19,21)(H,20,22);1H. The van der Waals surface area contributed by atoms with E-state index in [2.05, 4.69) is 16.0 Å². The maximum absolute atomic E-state index is 12.8. The van der Waals surface area contributed by atoms with Crippen LogP contribution in [0.4, 0.5) is 4.39 Å². The summed E-state index contributed by atoms with van der Waals surface area (Å²) in [5.74, 6) is 1.51. The second kappa shape index (κ2) is 11.3. The van der Waals surface area contributed by atoms with Gasteiger partial charge in [0.25, 0.3) is 5.91 Å². The number of nitrogens with one attached hydrogen (secondary N) is 3. The van der Waals surface area contributed by atoms with Gasteiger partial charge in [-0.2, -0.15) is 11.8 Å². The minimum atomic E-state index is -0.366. The zero-order valence-electron chi connectivity index (χ0n) is 13.3. The van der Waals surface area contributed by atoms with Crippen molar-refractivity contribution >= 4 is 36.0 Å². The van der Waals surface area contributed by atoms with Crippen LogP contribution in [-0.2, 0) is 4.79 Å². The van der Waals surface area contributed by atoms with Crippen molar-refractivity contribution in [1.82, 2.24) is 16.0 Å². The first kappa shape index (κ1) is 20.7. The molecule has 1 heterocycles. The molecule has 0 spiro atoms. The first-order chi connectivity index (χ1) is 11.1. The van der Waals surface area contributed by atoms with E-state index in [1.807, 2.05) is 11.8 Å². The number of carbonyl (C=O) groups excluding carboxylic acids is 2. The average molecular weight is 376 g/mol. The van der Waals surface area contributed by atoms with Crippen LogP contribution in [0.3, 0.4) is 0 Å². The number of hydrogen-bond donors (Lipinski definition) is 3. The van der Waals surface area contributed by atoms with E-state index in [1.54, 1.807) is 0 Å². The second-order valence-electron chi connectivity index (χ2n) is 5.40. The molecule has 1 fully saturated rings. The third kappa shape index (κ3) is 7.51. The molecule has 0 saturated carbocycles. The molecule has 0 aromatic heterocycles. The molecule has 1 aromatic carbocycles. The summed E-state index contributed by atoms with van der Waals surface area (Å²) in [6, 6.07) is 5.66. The SMILES string of the molecule is Cl.O=C(CC1CSCCN1)NCCCNC(=O)c1ccc(F)cc1. The van der Waals surface area contributed by atoms with Crippen LogP contribution in [0.15, 0.2) is 24.3 Å². The van der Waals surface area contributed by atoms with Crippen LogP contribution in [0, 0.1) is 5.82 Å². The van der Waals surface area contributed by atoms with E-state index in [0.717, 1.165) is 18.1 Å².